The maximum atomic E-state index is 12.3. The molecule has 0 bridgehead atoms. The summed E-state index contributed by atoms with van der Waals surface area (Å²) in [5, 5.41) is 0. The number of amides is 1. The zero-order chi connectivity index (χ0) is 14.3. The molecule has 0 unspecified atom stereocenters. The number of hydrogen-bond donors (Lipinski definition) is 0. The van der Waals surface area contributed by atoms with E-state index in [9.17, 15) is 4.79 Å². The molecule has 0 aromatic heterocycles. The molecule has 106 valence electrons. The van der Waals surface area contributed by atoms with E-state index in [4.69, 9.17) is 16.3 Å². The topological polar surface area (TPSA) is 29.5 Å². The number of rotatable bonds is 7. The summed E-state index contributed by atoms with van der Waals surface area (Å²) in [6.07, 6.45) is 3.00. The van der Waals surface area contributed by atoms with Gasteiger partial charge in [-0.1, -0.05) is 22.4 Å². The van der Waals surface area contributed by atoms with Crippen molar-refractivity contribution < 1.29 is 9.53 Å². The molecule has 0 saturated carbocycles. The smallest absolute Gasteiger partial charge is 0.257 e. The minimum Gasteiger partial charge on any atom is -0.496 e. The maximum Gasteiger partial charge on any atom is 0.257 e. The molecular formula is C14H19BrClNO2. The van der Waals surface area contributed by atoms with Crippen molar-refractivity contribution in [1.29, 1.82) is 0 Å². The lowest BCUT2D eigenvalue weighted by Gasteiger charge is -2.18. The quantitative estimate of drug-likeness (QED) is 0.552. The molecule has 0 aliphatic carbocycles. The molecule has 0 radical (unpaired) electrons. The molecule has 0 aliphatic heterocycles. The number of halogens is 2. The SMILES string of the molecule is COc1cc(Br)ccc1C(=O)N(C)CCCCCCl. The van der Waals surface area contributed by atoms with Crippen LogP contribution in [0.15, 0.2) is 22.7 Å². The number of nitrogens with zero attached hydrogens (tertiary/aromatic N) is 1. The van der Waals surface area contributed by atoms with E-state index in [1.165, 1.54) is 0 Å². The largest absolute Gasteiger partial charge is 0.496 e. The number of ether oxygens (including phenoxy) is 1. The van der Waals surface area contributed by atoms with Gasteiger partial charge in [-0.15, -0.1) is 11.6 Å². The normalized spacial score (nSPS) is 10.3. The Labute approximate surface area is 128 Å². The third kappa shape index (κ3) is 5.03. The lowest BCUT2D eigenvalue weighted by Crippen LogP contribution is -2.28. The van der Waals surface area contributed by atoms with E-state index in [-0.39, 0.29) is 5.91 Å². The van der Waals surface area contributed by atoms with Gasteiger partial charge in [0.05, 0.1) is 12.7 Å². The number of carbonyl (C=O) groups excluding carboxylic acids is 1. The van der Waals surface area contributed by atoms with Crippen LogP contribution >= 0.6 is 27.5 Å². The molecule has 0 N–H and O–H groups in total. The highest BCUT2D eigenvalue weighted by atomic mass is 79.9. The van der Waals surface area contributed by atoms with Crippen molar-refractivity contribution in [2.75, 3.05) is 26.6 Å². The Bertz CT molecular complexity index is 426. The van der Waals surface area contributed by atoms with Gasteiger partial charge in [-0.3, -0.25) is 4.79 Å². The fourth-order valence-electron chi connectivity index (χ4n) is 1.77. The first-order chi connectivity index (χ1) is 9.10. The highest BCUT2D eigenvalue weighted by Crippen LogP contribution is 2.24. The number of unbranched alkanes of at least 4 members (excludes halogenated alkanes) is 2. The Morgan fingerprint density at radius 2 is 2.11 bits per heavy atom. The summed E-state index contributed by atoms with van der Waals surface area (Å²) in [6.45, 7) is 0.731. The Morgan fingerprint density at radius 3 is 2.74 bits per heavy atom. The Balaban J connectivity index is 2.66. The van der Waals surface area contributed by atoms with Crippen LogP contribution in [0.2, 0.25) is 0 Å². The van der Waals surface area contributed by atoms with E-state index < -0.39 is 0 Å². The summed E-state index contributed by atoms with van der Waals surface area (Å²) in [6, 6.07) is 5.42. The minimum absolute atomic E-state index is 0.0183. The first-order valence-electron chi connectivity index (χ1n) is 6.25. The second-order valence-electron chi connectivity index (χ2n) is 4.32. The van der Waals surface area contributed by atoms with Crippen LogP contribution in [-0.4, -0.2) is 37.4 Å². The van der Waals surface area contributed by atoms with Crippen molar-refractivity contribution in [3.8, 4) is 5.75 Å². The molecule has 1 aromatic rings. The predicted molar refractivity (Wildman–Crippen MR) is 82.2 cm³/mol. The summed E-state index contributed by atoms with van der Waals surface area (Å²) in [5.41, 5.74) is 0.588. The van der Waals surface area contributed by atoms with E-state index in [0.717, 1.165) is 30.3 Å². The maximum absolute atomic E-state index is 12.3. The molecule has 0 saturated heterocycles. The van der Waals surface area contributed by atoms with Crippen molar-refractivity contribution in [3.05, 3.63) is 28.2 Å². The summed E-state index contributed by atoms with van der Waals surface area (Å²) in [4.78, 5) is 14.0. The lowest BCUT2D eigenvalue weighted by molar-refractivity contribution is 0.0789. The van der Waals surface area contributed by atoms with Crippen molar-refractivity contribution >= 4 is 33.4 Å². The Hall–Kier alpha value is -0.740. The van der Waals surface area contributed by atoms with Crippen molar-refractivity contribution in [2.24, 2.45) is 0 Å². The van der Waals surface area contributed by atoms with Gasteiger partial charge < -0.3 is 9.64 Å². The van der Waals surface area contributed by atoms with Crippen LogP contribution in [0.3, 0.4) is 0 Å². The third-order valence-electron chi connectivity index (χ3n) is 2.87. The first kappa shape index (κ1) is 16.3. The molecular weight excluding hydrogens is 330 g/mol. The van der Waals surface area contributed by atoms with Gasteiger partial charge in [0.25, 0.3) is 5.91 Å². The van der Waals surface area contributed by atoms with Gasteiger partial charge in [-0.25, -0.2) is 0 Å². The standard InChI is InChI=1S/C14H19BrClNO2/c1-17(9-5-3-4-8-16)14(18)12-7-6-11(15)10-13(12)19-2/h6-7,10H,3-5,8-9H2,1-2H3. The summed E-state index contributed by atoms with van der Waals surface area (Å²) in [5.74, 6) is 1.25. The number of carbonyl (C=O) groups is 1. The molecule has 0 spiro atoms. The lowest BCUT2D eigenvalue weighted by atomic mass is 10.1. The van der Waals surface area contributed by atoms with E-state index in [1.807, 2.05) is 13.1 Å². The number of alkyl halides is 1. The van der Waals surface area contributed by atoms with Crippen LogP contribution in [-0.2, 0) is 0 Å². The molecule has 19 heavy (non-hydrogen) atoms. The van der Waals surface area contributed by atoms with Crippen molar-refractivity contribution in [2.45, 2.75) is 19.3 Å². The molecule has 0 heterocycles. The monoisotopic (exact) mass is 347 g/mol. The summed E-state index contributed by atoms with van der Waals surface area (Å²) < 4.78 is 6.14. The fraction of sp³-hybridized carbons (Fsp3) is 0.500. The zero-order valence-electron chi connectivity index (χ0n) is 11.3. The van der Waals surface area contributed by atoms with Gasteiger partial charge in [-0.05, 0) is 31.0 Å². The molecule has 1 aromatic carbocycles. The highest BCUT2D eigenvalue weighted by Gasteiger charge is 2.16. The molecule has 5 heteroatoms. The predicted octanol–water partition coefficient (Wildman–Crippen LogP) is 3.94. The van der Waals surface area contributed by atoms with Gasteiger partial charge in [0.2, 0.25) is 0 Å². The zero-order valence-corrected chi connectivity index (χ0v) is 13.6. The Morgan fingerprint density at radius 1 is 1.37 bits per heavy atom. The van der Waals surface area contributed by atoms with Crippen LogP contribution in [0.4, 0.5) is 0 Å². The second kappa shape index (κ2) is 8.43. The van der Waals surface area contributed by atoms with Gasteiger partial charge >= 0.3 is 0 Å². The molecule has 1 amide bonds. The van der Waals surface area contributed by atoms with Crippen LogP contribution in [0.25, 0.3) is 0 Å². The average Bonchev–Trinajstić information content (AvgIpc) is 2.42. The number of methoxy groups -OCH3 is 1. The van der Waals surface area contributed by atoms with Gasteiger partial charge in [0, 0.05) is 23.9 Å². The first-order valence-corrected chi connectivity index (χ1v) is 7.58. The molecule has 3 nitrogen and oxygen atoms in total. The van der Waals surface area contributed by atoms with Crippen LogP contribution in [0.5, 0.6) is 5.75 Å². The van der Waals surface area contributed by atoms with Crippen molar-refractivity contribution in [1.82, 2.24) is 4.90 Å². The van der Waals surface area contributed by atoms with Crippen LogP contribution < -0.4 is 4.74 Å². The molecule has 0 fully saturated rings. The van der Waals surface area contributed by atoms with E-state index in [0.29, 0.717) is 17.2 Å². The molecule has 1 rings (SSSR count). The summed E-state index contributed by atoms with van der Waals surface area (Å²) in [7, 11) is 3.38. The Kier molecular flexibility index (Phi) is 7.24. The van der Waals surface area contributed by atoms with Gasteiger partial charge in [0.1, 0.15) is 5.75 Å². The third-order valence-corrected chi connectivity index (χ3v) is 3.63. The highest BCUT2D eigenvalue weighted by molar-refractivity contribution is 9.10. The van der Waals surface area contributed by atoms with Crippen molar-refractivity contribution in [3.63, 3.8) is 0 Å². The number of benzene rings is 1. The summed E-state index contributed by atoms with van der Waals surface area (Å²) >= 11 is 8.99. The van der Waals surface area contributed by atoms with E-state index in [1.54, 1.807) is 24.1 Å². The van der Waals surface area contributed by atoms with Gasteiger partial charge in [-0.2, -0.15) is 0 Å². The molecule has 0 atom stereocenters. The van der Waals surface area contributed by atoms with Crippen LogP contribution in [0, 0.1) is 0 Å². The minimum atomic E-state index is -0.0183. The van der Waals surface area contributed by atoms with Gasteiger partial charge in [0.15, 0.2) is 0 Å². The van der Waals surface area contributed by atoms with E-state index in [2.05, 4.69) is 15.9 Å². The second-order valence-corrected chi connectivity index (χ2v) is 5.61. The fourth-order valence-corrected chi connectivity index (χ4v) is 2.30. The average molecular weight is 349 g/mol. The number of hydrogen-bond acceptors (Lipinski definition) is 2. The van der Waals surface area contributed by atoms with E-state index >= 15 is 0 Å². The van der Waals surface area contributed by atoms with Crippen LogP contribution in [0.1, 0.15) is 29.6 Å². The molecule has 0 aliphatic rings.